The summed E-state index contributed by atoms with van der Waals surface area (Å²) in [5, 5.41) is 11.3. The Morgan fingerprint density at radius 1 is 1.41 bits per heavy atom. The number of hydrogen-bond acceptors (Lipinski definition) is 4. The fourth-order valence-corrected chi connectivity index (χ4v) is 1.21. The zero-order chi connectivity index (χ0) is 12.8. The minimum atomic E-state index is -1.16. The molecule has 0 heterocycles. The van der Waals surface area contributed by atoms with E-state index >= 15 is 0 Å². The maximum Gasteiger partial charge on any atom is 0.411 e. The van der Waals surface area contributed by atoms with Gasteiger partial charge in [0.2, 0.25) is 0 Å². The zero-order valence-corrected chi connectivity index (χ0v) is 9.52. The molecule has 0 aliphatic carbocycles. The standard InChI is InChI=1S/C11H13NO5/c1-3-17-11(15)12-9-5-4-7(16-2)6-8(9)10(13)14/h4-6H,3H2,1-2H3,(H,12,15)(H,13,14). The van der Waals surface area contributed by atoms with E-state index in [9.17, 15) is 9.59 Å². The van der Waals surface area contributed by atoms with Gasteiger partial charge in [0.1, 0.15) is 5.75 Å². The van der Waals surface area contributed by atoms with Gasteiger partial charge in [-0.3, -0.25) is 5.32 Å². The summed E-state index contributed by atoms with van der Waals surface area (Å²) in [6.07, 6.45) is -0.694. The average Bonchev–Trinajstić information content (AvgIpc) is 2.29. The van der Waals surface area contributed by atoms with Crippen LogP contribution >= 0.6 is 0 Å². The van der Waals surface area contributed by atoms with Crippen LogP contribution in [0.1, 0.15) is 17.3 Å². The molecule has 92 valence electrons. The number of ether oxygens (including phenoxy) is 2. The first-order chi connectivity index (χ1) is 8.08. The second kappa shape index (κ2) is 5.74. The van der Waals surface area contributed by atoms with E-state index in [2.05, 4.69) is 10.1 Å². The van der Waals surface area contributed by atoms with Crippen LogP contribution in [-0.2, 0) is 4.74 Å². The number of rotatable bonds is 4. The number of carbonyl (C=O) groups is 2. The maximum atomic E-state index is 11.2. The quantitative estimate of drug-likeness (QED) is 0.838. The molecule has 0 radical (unpaired) electrons. The normalized spacial score (nSPS) is 9.53. The largest absolute Gasteiger partial charge is 0.497 e. The van der Waals surface area contributed by atoms with Crippen molar-refractivity contribution in [1.82, 2.24) is 0 Å². The molecule has 6 nitrogen and oxygen atoms in total. The highest BCUT2D eigenvalue weighted by Gasteiger charge is 2.13. The fraction of sp³-hybridized carbons (Fsp3) is 0.273. The second-order valence-corrected chi connectivity index (χ2v) is 3.06. The third-order valence-corrected chi connectivity index (χ3v) is 1.97. The Hall–Kier alpha value is -2.24. The van der Waals surface area contributed by atoms with E-state index in [4.69, 9.17) is 9.84 Å². The predicted molar refractivity (Wildman–Crippen MR) is 60.6 cm³/mol. The number of carbonyl (C=O) groups excluding carboxylic acids is 1. The first-order valence-electron chi connectivity index (χ1n) is 4.93. The molecule has 0 unspecified atom stereocenters. The number of carboxylic acid groups (broad SMARTS) is 1. The van der Waals surface area contributed by atoms with E-state index in [0.717, 1.165) is 0 Å². The third kappa shape index (κ3) is 3.37. The molecule has 0 atom stereocenters. The van der Waals surface area contributed by atoms with Gasteiger partial charge < -0.3 is 14.6 Å². The molecule has 0 bridgehead atoms. The number of hydrogen-bond donors (Lipinski definition) is 2. The van der Waals surface area contributed by atoms with Crippen LogP contribution in [0.25, 0.3) is 0 Å². The Labute approximate surface area is 98.2 Å². The monoisotopic (exact) mass is 239 g/mol. The van der Waals surface area contributed by atoms with E-state index in [1.54, 1.807) is 13.0 Å². The topological polar surface area (TPSA) is 84.9 Å². The van der Waals surface area contributed by atoms with Crippen LogP contribution in [0.5, 0.6) is 5.75 Å². The fourth-order valence-electron chi connectivity index (χ4n) is 1.21. The van der Waals surface area contributed by atoms with Crippen molar-refractivity contribution in [2.45, 2.75) is 6.92 Å². The number of methoxy groups -OCH3 is 1. The van der Waals surface area contributed by atoms with Crippen molar-refractivity contribution in [3.05, 3.63) is 23.8 Å². The predicted octanol–water partition coefficient (Wildman–Crippen LogP) is 1.96. The number of anilines is 1. The second-order valence-electron chi connectivity index (χ2n) is 3.06. The summed E-state index contributed by atoms with van der Waals surface area (Å²) >= 11 is 0. The minimum Gasteiger partial charge on any atom is -0.497 e. The van der Waals surface area contributed by atoms with Gasteiger partial charge >= 0.3 is 12.1 Å². The highest BCUT2D eigenvalue weighted by atomic mass is 16.5. The van der Waals surface area contributed by atoms with Crippen molar-refractivity contribution in [3.63, 3.8) is 0 Å². The van der Waals surface area contributed by atoms with E-state index in [1.165, 1.54) is 19.2 Å². The van der Waals surface area contributed by atoms with E-state index in [1.807, 2.05) is 0 Å². The first-order valence-corrected chi connectivity index (χ1v) is 4.93. The number of aromatic carboxylic acids is 1. The molecule has 1 aromatic carbocycles. The SMILES string of the molecule is CCOC(=O)Nc1ccc(OC)cc1C(=O)O. The average molecular weight is 239 g/mol. The number of nitrogens with one attached hydrogen (secondary N) is 1. The molecule has 0 saturated carbocycles. The van der Waals surface area contributed by atoms with Gasteiger partial charge in [0.05, 0.1) is 25.0 Å². The molecule has 0 aliphatic heterocycles. The molecular weight excluding hydrogens is 226 g/mol. The lowest BCUT2D eigenvalue weighted by Gasteiger charge is -2.09. The molecule has 0 spiro atoms. The van der Waals surface area contributed by atoms with Crippen LogP contribution in [-0.4, -0.2) is 30.9 Å². The van der Waals surface area contributed by atoms with E-state index in [0.29, 0.717) is 5.75 Å². The van der Waals surface area contributed by atoms with Gasteiger partial charge in [-0.1, -0.05) is 0 Å². The van der Waals surface area contributed by atoms with E-state index < -0.39 is 12.1 Å². The highest BCUT2D eigenvalue weighted by molar-refractivity contribution is 5.99. The van der Waals surface area contributed by atoms with E-state index in [-0.39, 0.29) is 17.9 Å². The molecule has 2 N–H and O–H groups in total. The summed E-state index contributed by atoms with van der Waals surface area (Å²) in [7, 11) is 1.43. The van der Waals surface area contributed by atoms with Gasteiger partial charge in [0, 0.05) is 0 Å². The Bertz CT molecular complexity index is 430. The van der Waals surface area contributed by atoms with Crippen LogP contribution in [0.4, 0.5) is 10.5 Å². The molecule has 1 amide bonds. The van der Waals surface area contributed by atoms with Crippen LogP contribution in [0.2, 0.25) is 0 Å². The summed E-state index contributed by atoms with van der Waals surface area (Å²) in [6.45, 7) is 1.87. The molecule has 1 aromatic rings. The van der Waals surface area contributed by atoms with Gasteiger partial charge in [-0.15, -0.1) is 0 Å². The Morgan fingerprint density at radius 2 is 2.12 bits per heavy atom. The van der Waals surface area contributed by atoms with Gasteiger partial charge in [0.15, 0.2) is 0 Å². The van der Waals surface area contributed by atoms with Crippen LogP contribution in [0.3, 0.4) is 0 Å². The van der Waals surface area contributed by atoms with Crippen molar-refractivity contribution in [2.24, 2.45) is 0 Å². The molecule has 0 aliphatic rings. The molecule has 17 heavy (non-hydrogen) atoms. The molecular formula is C11H13NO5. The van der Waals surface area contributed by atoms with Crippen molar-refractivity contribution < 1.29 is 24.2 Å². The molecule has 0 aromatic heterocycles. The lowest BCUT2D eigenvalue weighted by atomic mass is 10.1. The lowest BCUT2D eigenvalue weighted by Crippen LogP contribution is -2.15. The van der Waals surface area contributed by atoms with Crippen LogP contribution in [0.15, 0.2) is 18.2 Å². The maximum absolute atomic E-state index is 11.2. The summed E-state index contributed by atoms with van der Waals surface area (Å²) in [5.41, 5.74) is 0.106. The molecule has 0 saturated heterocycles. The number of benzene rings is 1. The lowest BCUT2D eigenvalue weighted by molar-refractivity contribution is 0.0697. The van der Waals surface area contributed by atoms with Crippen LogP contribution < -0.4 is 10.1 Å². The van der Waals surface area contributed by atoms with Crippen LogP contribution in [0, 0.1) is 0 Å². The zero-order valence-electron chi connectivity index (χ0n) is 9.52. The summed E-state index contributed by atoms with van der Waals surface area (Å²) < 4.78 is 9.57. The Balaban J connectivity index is 2.98. The van der Waals surface area contributed by atoms with Crippen molar-refractivity contribution in [3.8, 4) is 5.75 Å². The molecule has 1 rings (SSSR count). The summed E-state index contributed by atoms with van der Waals surface area (Å²) in [6, 6.07) is 4.32. The van der Waals surface area contributed by atoms with Gasteiger partial charge in [0.25, 0.3) is 0 Å². The third-order valence-electron chi connectivity index (χ3n) is 1.97. The minimum absolute atomic E-state index is 0.0580. The van der Waals surface area contributed by atoms with Gasteiger partial charge in [-0.25, -0.2) is 9.59 Å². The number of amides is 1. The Morgan fingerprint density at radius 3 is 2.65 bits per heavy atom. The smallest absolute Gasteiger partial charge is 0.411 e. The van der Waals surface area contributed by atoms with Crippen molar-refractivity contribution in [2.75, 3.05) is 19.0 Å². The highest BCUT2D eigenvalue weighted by Crippen LogP contribution is 2.22. The number of carboxylic acids is 1. The Kier molecular flexibility index (Phi) is 4.33. The summed E-state index contributed by atoms with van der Waals surface area (Å²) in [4.78, 5) is 22.2. The first kappa shape index (κ1) is 12.8. The van der Waals surface area contributed by atoms with Crippen molar-refractivity contribution in [1.29, 1.82) is 0 Å². The molecule has 0 fully saturated rings. The van der Waals surface area contributed by atoms with Gasteiger partial charge in [-0.05, 0) is 25.1 Å². The van der Waals surface area contributed by atoms with Crippen molar-refractivity contribution >= 4 is 17.7 Å². The molecule has 6 heteroatoms. The van der Waals surface area contributed by atoms with Gasteiger partial charge in [-0.2, -0.15) is 0 Å². The summed E-state index contributed by atoms with van der Waals surface area (Å²) in [5.74, 6) is -0.757.